The SMILES string of the molecule is Cn1cc(Br)c2cnn(SF)c2c1=O. The van der Waals surface area contributed by atoms with Crippen molar-refractivity contribution in [3.8, 4) is 0 Å². The van der Waals surface area contributed by atoms with E-state index in [1.54, 1.807) is 13.2 Å². The van der Waals surface area contributed by atoms with Crippen LogP contribution in [0.1, 0.15) is 0 Å². The largest absolute Gasteiger partial charge is 0.316 e. The first-order valence-corrected chi connectivity index (χ1v) is 5.13. The molecule has 0 amide bonds. The lowest BCUT2D eigenvalue weighted by Crippen LogP contribution is -2.17. The zero-order chi connectivity index (χ0) is 10.3. The average molecular weight is 278 g/mol. The van der Waals surface area contributed by atoms with Crippen molar-refractivity contribution >= 4 is 39.2 Å². The van der Waals surface area contributed by atoms with Crippen LogP contribution in [-0.2, 0) is 7.05 Å². The van der Waals surface area contributed by atoms with E-state index in [0.29, 0.717) is 5.39 Å². The Morgan fingerprint density at radius 3 is 3.00 bits per heavy atom. The number of rotatable bonds is 1. The summed E-state index contributed by atoms with van der Waals surface area (Å²) >= 11 is 3.19. The molecule has 2 rings (SSSR count). The minimum absolute atomic E-state index is 0.0921. The Bertz CT molecular complexity index is 550. The van der Waals surface area contributed by atoms with Gasteiger partial charge >= 0.3 is 0 Å². The molecule has 14 heavy (non-hydrogen) atoms. The summed E-state index contributed by atoms with van der Waals surface area (Å²) in [6, 6.07) is 0. The molecule has 2 heterocycles. The summed E-state index contributed by atoms with van der Waals surface area (Å²) in [6.07, 6.45) is 3.08. The fourth-order valence-corrected chi connectivity index (χ4v) is 2.15. The highest BCUT2D eigenvalue weighted by molar-refractivity contribution is 9.10. The molecule has 0 aliphatic carbocycles. The molecule has 0 aromatic carbocycles. The topological polar surface area (TPSA) is 39.8 Å². The van der Waals surface area contributed by atoms with Gasteiger partial charge in [-0.1, -0.05) is 0 Å². The van der Waals surface area contributed by atoms with E-state index in [9.17, 15) is 8.68 Å². The maximum atomic E-state index is 12.4. The fraction of sp³-hybridized carbons (Fsp3) is 0.143. The first-order valence-electron chi connectivity index (χ1n) is 3.67. The lowest BCUT2D eigenvalue weighted by molar-refractivity contribution is 0.851. The van der Waals surface area contributed by atoms with Crippen LogP contribution < -0.4 is 5.56 Å². The van der Waals surface area contributed by atoms with Gasteiger partial charge in [0.1, 0.15) is 0 Å². The Morgan fingerprint density at radius 2 is 2.36 bits per heavy atom. The molecule has 0 fully saturated rings. The number of nitrogens with zero attached hydrogens (tertiary/aromatic N) is 3. The lowest BCUT2D eigenvalue weighted by Gasteiger charge is -2.00. The second-order valence-electron chi connectivity index (χ2n) is 2.74. The summed E-state index contributed by atoms with van der Waals surface area (Å²) in [7, 11) is 1.60. The van der Waals surface area contributed by atoms with E-state index < -0.39 is 0 Å². The van der Waals surface area contributed by atoms with Crippen molar-refractivity contribution in [2.45, 2.75) is 0 Å². The molecule has 0 saturated carbocycles. The van der Waals surface area contributed by atoms with Crippen molar-refractivity contribution in [1.29, 1.82) is 0 Å². The number of hydrogen-bond acceptors (Lipinski definition) is 3. The van der Waals surface area contributed by atoms with Gasteiger partial charge in [0.25, 0.3) is 5.56 Å². The van der Waals surface area contributed by atoms with Crippen molar-refractivity contribution in [3.05, 3.63) is 27.2 Å². The number of fused-ring (bicyclic) bond motifs is 1. The highest BCUT2D eigenvalue weighted by Gasteiger charge is 2.11. The predicted octanol–water partition coefficient (Wildman–Crippen LogP) is 1.88. The average Bonchev–Trinajstić information content (AvgIpc) is 2.58. The Kier molecular flexibility index (Phi) is 2.36. The number of halogens is 2. The van der Waals surface area contributed by atoms with Gasteiger partial charge in [0.05, 0.1) is 6.20 Å². The second-order valence-corrected chi connectivity index (χ2v) is 4.08. The molecule has 7 heteroatoms. The van der Waals surface area contributed by atoms with E-state index >= 15 is 0 Å². The minimum atomic E-state index is -0.272. The number of pyridine rings is 1. The van der Waals surface area contributed by atoms with E-state index in [2.05, 4.69) is 21.0 Å². The predicted molar refractivity (Wildman–Crippen MR) is 56.8 cm³/mol. The lowest BCUT2D eigenvalue weighted by atomic mass is 10.3. The van der Waals surface area contributed by atoms with E-state index in [0.717, 1.165) is 8.56 Å². The van der Waals surface area contributed by atoms with E-state index in [4.69, 9.17) is 0 Å². The van der Waals surface area contributed by atoms with E-state index in [1.807, 2.05) is 0 Å². The maximum absolute atomic E-state index is 12.4. The summed E-state index contributed by atoms with van der Waals surface area (Å²) in [5.74, 6) is 0. The molecule has 0 spiro atoms. The Labute approximate surface area is 91.3 Å². The maximum Gasteiger partial charge on any atom is 0.277 e. The van der Waals surface area contributed by atoms with Crippen LogP contribution in [0.2, 0.25) is 0 Å². The van der Waals surface area contributed by atoms with Crippen LogP contribution in [0.15, 0.2) is 21.7 Å². The molecule has 0 N–H and O–H groups in total. The third kappa shape index (κ3) is 1.27. The molecule has 0 unspecified atom stereocenters. The van der Waals surface area contributed by atoms with Crippen molar-refractivity contribution in [2.75, 3.05) is 0 Å². The van der Waals surface area contributed by atoms with Crippen molar-refractivity contribution in [3.63, 3.8) is 0 Å². The van der Waals surface area contributed by atoms with Crippen LogP contribution in [0.3, 0.4) is 0 Å². The second kappa shape index (κ2) is 3.39. The molecule has 0 bridgehead atoms. The number of hydrogen-bond donors (Lipinski definition) is 0. The molecule has 0 saturated heterocycles. The van der Waals surface area contributed by atoms with E-state index in [-0.39, 0.29) is 23.4 Å². The molecular weight excluding hydrogens is 273 g/mol. The van der Waals surface area contributed by atoms with Crippen LogP contribution in [0.25, 0.3) is 10.9 Å². The number of aromatic nitrogens is 3. The minimum Gasteiger partial charge on any atom is -0.316 e. The summed E-state index contributed by atoms with van der Waals surface area (Å²) in [6.45, 7) is 0. The van der Waals surface area contributed by atoms with Crippen LogP contribution in [0, 0.1) is 0 Å². The summed E-state index contributed by atoms with van der Waals surface area (Å²) in [4.78, 5) is 11.6. The smallest absolute Gasteiger partial charge is 0.277 e. The summed E-state index contributed by atoms with van der Waals surface area (Å²) in [5, 5.41) is 4.35. The first-order chi connectivity index (χ1) is 6.65. The van der Waals surface area contributed by atoms with Crippen LogP contribution >= 0.6 is 28.3 Å². The van der Waals surface area contributed by atoms with Gasteiger partial charge in [0.15, 0.2) is 17.9 Å². The van der Waals surface area contributed by atoms with Gasteiger partial charge in [-0.25, -0.2) is 0 Å². The zero-order valence-corrected chi connectivity index (χ0v) is 9.47. The molecule has 0 aliphatic heterocycles. The number of aryl methyl sites for hydroxylation is 1. The quantitative estimate of drug-likeness (QED) is 0.799. The molecule has 74 valence electrons. The highest BCUT2D eigenvalue weighted by atomic mass is 79.9. The van der Waals surface area contributed by atoms with Crippen LogP contribution in [-0.4, -0.2) is 13.8 Å². The fourth-order valence-electron chi connectivity index (χ4n) is 1.22. The van der Waals surface area contributed by atoms with Gasteiger partial charge in [-0.2, -0.15) is 9.19 Å². The van der Waals surface area contributed by atoms with Gasteiger partial charge in [-0.15, -0.1) is 3.89 Å². The third-order valence-corrected chi connectivity index (χ3v) is 2.93. The summed E-state index contributed by atoms with van der Waals surface area (Å²) < 4.78 is 15.4. The Morgan fingerprint density at radius 1 is 1.64 bits per heavy atom. The molecule has 2 aromatic heterocycles. The Hall–Kier alpha value is -0.820. The third-order valence-electron chi connectivity index (χ3n) is 1.89. The van der Waals surface area contributed by atoms with Gasteiger partial charge in [0.2, 0.25) is 0 Å². The molecule has 0 radical (unpaired) electrons. The standard InChI is InChI=1S/C7H5BrFN3OS/c1-11-3-5(8)4-2-10-12(14-9)6(4)7(11)13/h2-3H,1H3. The zero-order valence-electron chi connectivity index (χ0n) is 7.07. The van der Waals surface area contributed by atoms with Crippen molar-refractivity contribution in [2.24, 2.45) is 7.05 Å². The van der Waals surface area contributed by atoms with Crippen LogP contribution in [0.4, 0.5) is 3.89 Å². The normalized spacial score (nSPS) is 11.1. The van der Waals surface area contributed by atoms with Gasteiger partial charge < -0.3 is 4.57 Å². The van der Waals surface area contributed by atoms with Gasteiger partial charge in [-0.05, 0) is 15.9 Å². The Balaban J connectivity index is 2.99. The molecule has 2 aromatic rings. The highest BCUT2D eigenvalue weighted by Crippen LogP contribution is 2.22. The van der Waals surface area contributed by atoms with Gasteiger partial charge in [0, 0.05) is 23.1 Å². The van der Waals surface area contributed by atoms with Crippen LogP contribution in [0.5, 0.6) is 0 Å². The van der Waals surface area contributed by atoms with Gasteiger partial charge in [-0.3, -0.25) is 4.79 Å². The molecule has 0 atom stereocenters. The van der Waals surface area contributed by atoms with Crippen molar-refractivity contribution < 1.29 is 3.89 Å². The van der Waals surface area contributed by atoms with Crippen molar-refractivity contribution in [1.82, 2.24) is 13.8 Å². The summed E-state index contributed by atoms with van der Waals surface area (Å²) in [5.41, 5.74) is -0.0276. The first kappa shape index (κ1) is 9.72. The molecular formula is C7H5BrFN3OS. The van der Waals surface area contributed by atoms with E-state index in [1.165, 1.54) is 10.8 Å². The molecule has 4 nitrogen and oxygen atoms in total. The monoisotopic (exact) mass is 277 g/mol. The molecule has 0 aliphatic rings.